The van der Waals surface area contributed by atoms with E-state index in [2.05, 4.69) is 10.3 Å². The van der Waals surface area contributed by atoms with E-state index in [1.165, 1.54) is 0 Å². The van der Waals surface area contributed by atoms with E-state index < -0.39 is 0 Å². The van der Waals surface area contributed by atoms with E-state index in [4.69, 9.17) is 5.73 Å². The number of nitrogens with two attached hydrogens (primary N) is 1. The van der Waals surface area contributed by atoms with Gasteiger partial charge in [-0.2, -0.15) is 0 Å². The summed E-state index contributed by atoms with van der Waals surface area (Å²) in [6.45, 7) is 0. The predicted octanol–water partition coefficient (Wildman–Crippen LogP) is 2.69. The number of para-hydroxylation sites is 1. The van der Waals surface area contributed by atoms with Crippen LogP contribution in [0, 0.1) is 5.92 Å². The molecule has 1 aromatic carbocycles. The predicted molar refractivity (Wildman–Crippen MR) is 80.3 cm³/mol. The van der Waals surface area contributed by atoms with Crippen LogP contribution in [0.25, 0.3) is 10.9 Å². The van der Waals surface area contributed by atoms with Gasteiger partial charge in [-0.1, -0.05) is 31.0 Å². The Kier molecular flexibility index (Phi) is 3.65. The van der Waals surface area contributed by atoms with E-state index in [-0.39, 0.29) is 17.9 Å². The molecule has 4 heteroatoms. The third-order valence-corrected chi connectivity index (χ3v) is 4.01. The molecule has 1 aromatic heterocycles. The number of carbonyl (C=O) groups excluding carboxylic acids is 1. The maximum Gasteiger partial charge on any atom is 0.229 e. The molecule has 1 amide bonds. The molecule has 4 nitrogen and oxygen atoms in total. The van der Waals surface area contributed by atoms with Crippen LogP contribution in [0.2, 0.25) is 0 Å². The number of pyridine rings is 1. The Bertz CT molecular complexity index is 626. The molecule has 2 unspecified atom stereocenters. The first kappa shape index (κ1) is 13.1. The Hall–Kier alpha value is -1.94. The third-order valence-electron chi connectivity index (χ3n) is 4.01. The van der Waals surface area contributed by atoms with Crippen molar-refractivity contribution in [3.05, 3.63) is 36.5 Å². The quantitative estimate of drug-likeness (QED) is 0.880. The lowest BCUT2D eigenvalue weighted by atomic mass is 9.84. The Morgan fingerprint density at radius 3 is 2.90 bits per heavy atom. The van der Waals surface area contributed by atoms with Crippen LogP contribution in [-0.2, 0) is 4.79 Å². The van der Waals surface area contributed by atoms with Crippen molar-refractivity contribution in [3.8, 4) is 0 Å². The number of amides is 1. The van der Waals surface area contributed by atoms with Crippen molar-refractivity contribution < 1.29 is 4.79 Å². The summed E-state index contributed by atoms with van der Waals surface area (Å²) >= 11 is 0. The highest BCUT2D eigenvalue weighted by molar-refractivity contribution is 5.94. The van der Waals surface area contributed by atoms with Crippen molar-refractivity contribution >= 4 is 22.5 Å². The van der Waals surface area contributed by atoms with E-state index in [9.17, 15) is 4.79 Å². The van der Waals surface area contributed by atoms with Gasteiger partial charge in [0.1, 0.15) is 0 Å². The molecule has 0 radical (unpaired) electrons. The fourth-order valence-electron chi connectivity index (χ4n) is 2.86. The average Bonchev–Trinajstić information content (AvgIpc) is 2.47. The van der Waals surface area contributed by atoms with E-state index >= 15 is 0 Å². The first-order valence-electron chi connectivity index (χ1n) is 7.15. The van der Waals surface area contributed by atoms with Crippen LogP contribution in [0.15, 0.2) is 36.5 Å². The van der Waals surface area contributed by atoms with Crippen molar-refractivity contribution in [3.63, 3.8) is 0 Å². The van der Waals surface area contributed by atoms with E-state index in [0.717, 1.165) is 42.3 Å². The van der Waals surface area contributed by atoms with Crippen LogP contribution in [0.5, 0.6) is 0 Å². The second-order valence-electron chi connectivity index (χ2n) is 5.46. The minimum atomic E-state index is -0.0739. The van der Waals surface area contributed by atoms with Crippen LogP contribution in [0.4, 0.5) is 5.69 Å². The normalized spacial score (nSPS) is 22.6. The third kappa shape index (κ3) is 2.65. The molecule has 0 bridgehead atoms. The minimum Gasteiger partial charge on any atom is -0.327 e. The second kappa shape index (κ2) is 5.59. The maximum atomic E-state index is 12.3. The van der Waals surface area contributed by atoms with Gasteiger partial charge in [-0.15, -0.1) is 0 Å². The molecule has 1 saturated carbocycles. The van der Waals surface area contributed by atoms with Crippen molar-refractivity contribution in [2.24, 2.45) is 11.7 Å². The lowest BCUT2D eigenvalue weighted by Crippen LogP contribution is -2.40. The highest BCUT2D eigenvalue weighted by Crippen LogP contribution is 2.25. The second-order valence-corrected chi connectivity index (χ2v) is 5.46. The van der Waals surface area contributed by atoms with Crippen molar-refractivity contribution in [2.45, 2.75) is 31.7 Å². The zero-order valence-electron chi connectivity index (χ0n) is 11.4. The highest BCUT2D eigenvalue weighted by Gasteiger charge is 2.28. The van der Waals surface area contributed by atoms with Gasteiger partial charge in [-0.25, -0.2) is 0 Å². The number of anilines is 1. The summed E-state index contributed by atoms with van der Waals surface area (Å²) in [5.41, 5.74) is 7.72. The highest BCUT2D eigenvalue weighted by atomic mass is 16.1. The lowest BCUT2D eigenvalue weighted by Gasteiger charge is -2.27. The number of carbonyl (C=O) groups is 1. The Balaban J connectivity index is 1.76. The average molecular weight is 269 g/mol. The molecule has 1 aliphatic carbocycles. The smallest absolute Gasteiger partial charge is 0.229 e. The summed E-state index contributed by atoms with van der Waals surface area (Å²) in [5.74, 6) is -0.0514. The van der Waals surface area contributed by atoms with Gasteiger partial charge < -0.3 is 11.1 Å². The number of hydrogen-bond donors (Lipinski definition) is 2. The van der Waals surface area contributed by atoms with Crippen LogP contribution in [0.1, 0.15) is 25.7 Å². The summed E-state index contributed by atoms with van der Waals surface area (Å²) in [6, 6.07) is 9.80. The summed E-state index contributed by atoms with van der Waals surface area (Å²) < 4.78 is 0. The fraction of sp³-hybridized carbons (Fsp3) is 0.375. The minimum absolute atomic E-state index is 0.0165. The standard InChI is InChI=1S/C16H19N3O/c17-14-7-3-2-6-13(14)16(20)19-12-9-11-5-1-4-8-15(11)18-10-12/h1,4-5,8-10,13-14H,2-3,6-7,17H2,(H,19,20). The first-order valence-corrected chi connectivity index (χ1v) is 7.15. The molecule has 3 N–H and O–H groups in total. The van der Waals surface area contributed by atoms with Gasteiger partial charge in [-0.3, -0.25) is 9.78 Å². The van der Waals surface area contributed by atoms with Crippen LogP contribution < -0.4 is 11.1 Å². The van der Waals surface area contributed by atoms with Crippen LogP contribution in [-0.4, -0.2) is 16.9 Å². The molecular weight excluding hydrogens is 250 g/mol. The van der Waals surface area contributed by atoms with Crippen molar-refractivity contribution in [2.75, 3.05) is 5.32 Å². The van der Waals surface area contributed by atoms with Crippen LogP contribution in [0.3, 0.4) is 0 Å². The molecule has 0 aliphatic heterocycles. The summed E-state index contributed by atoms with van der Waals surface area (Å²) in [5, 5.41) is 3.98. The molecule has 104 valence electrons. The molecule has 2 aromatic rings. The zero-order valence-corrected chi connectivity index (χ0v) is 11.4. The van der Waals surface area contributed by atoms with Gasteiger partial charge in [-0.05, 0) is 25.0 Å². The zero-order chi connectivity index (χ0) is 13.9. The Morgan fingerprint density at radius 2 is 2.05 bits per heavy atom. The summed E-state index contributed by atoms with van der Waals surface area (Å²) in [4.78, 5) is 16.6. The van der Waals surface area contributed by atoms with Gasteiger partial charge in [0.25, 0.3) is 0 Å². The first-order chi connectivity index (χ1) is 9.74. The molecule has 20 heavy (non-hydrogen) atoms. The molecule has 0 saturated heterocycles. The maximum absolute atomic E-state index is 12.3. The van der Waals surface area contributed by atoms with Gasteiger partial charge in [0, 0.05) is 11.4 Å². The van der Waals surface area contributed by atoms with Gasteiger partial charge in [0.2, 0.25) is 5.91 Å². The molecule has 1 heterocycles. The van der Waals surface area contributed by atoms with E-state index in [1.54, 1.807) is 6.20 Å². The monoisotopic (exact) mass is 269 g/mol. The Morgan fingerprint density at radius 1 is 1.25 bits per heavy atom. The number of rotatable bonds is 2. The fourth-order valence-corrected chi connectivity index (χ4v) is 2.86. The van der Waals surface area contributed by atoms with E-state index in [1.807, 2.05) is 30.3 Å². The van der Waals surface area contributed by atoms with E-state index in [0.29, 0.717) is 0 Å². The lowest BCUT2D eigenvalue weighted by molar-refractivity contribution is -0.121. The number of nitrogens with zero attached hydrogens (tertiary/aromatic N) is 1. The molecule has 1 aliphatic rings. The SMILES string of the molecule is NC1CCCCC1C(=O)Nc1cnc2ccccc2c1. The number of hydrogen-bond acceptors (Lipinski definition) is 3. The molecule has 3 rings (SSSR count). The number of benzene rings is 1. The largest absolute Gasteiger partial charge is 0.327 e. The van der Waals surface area contributed by atoms with Gasteiger partial charge >= 0.3 is 0 Å². The van der Waals surface area contributed by atoms with Crippen molar-refractivity contribution in [1.29, 1.82) is 0 Å². The van der Waals surface area contributed by atoms with Gasteiger partial charge in [0.05, 0.1) is 23.3 Å². The number of aromatic nitrogens is 1. The summed E-state index contributed by atoms with van der Waals surface area (Å²) in [6.07, 6.45) is 5.74. The van der Waals surface area contributed by atoms with Crippen molar-refractivity contribution in [1.82, 2.24) is 4.98 Å². The molecular formula is C16H19N3O. The molecule has 2 atom stereocenters. The number of fused-ring (bicyclic) bond motifs is 1. The summed E-state index contributed by atoms with van der Waals surface area (Å²) in [7, 11) is 0. The van der Waals surface area contributed by atoms with Gasteiger partial charge in [0.15, 0.2) is 0 Å². The molecule has 0 spiro atoms. The van der Waals surface area contributed by atoms with Crippen LogP contribution >= 0.6 is 0 Å². The topological polar surface area (TPSA) is 68.0 Å². The molecule has 1 fully saturated rings. The Labute approximate surface area is 118 Å². The number of nitrogens with one attached hydrogen (secondary N) is 1.